The Kier molecular flexibility index (Phi) is 11.6. The number of benzene rings is 1. The Morgan fingerprint density at radius 1 is 1.41 bits per heavy atom. The van der Waals surface area contributed by atoms with Crippen LogP contribution >= 0.6 is 35.7 Å². The fourth-order valence-electron chi connectivity index (χ4n) is 3.21. The summed E-state index contributed by atoms with van der Waals surface area (Å²) in [6.45, 7) is 8.40. The molecule has 0 spiro atoms. The highest BCUT2D eigenvalue weighted by Gasteiger charge is 2.23. The molecule has 2 atom stereocenters. The predicted molar refractivity (Wildman–Crippen MR) is 124 cm³/mol. The first-order valence-electron chi connectivity index (χ1n) is 9.09. The van der Waals surface area contributed by atoms with Crippen molar-refractivity contribution in [3.05, 3.63) is 35.1 Å². The van der Waals surface area contributed by atoms with E-state index in [-0.39, 0.29) is 29.8 Å². The second kappa shape index (κ2) is 12.8. The number of hydrogen-bond donors (Lipinski definition) is 2. The summed E-state index contributed by atoms with van der Waals surface area (Å²) in [5, 5.41) is 6.73. The molecule has 2 N–H and O–H groups in total. The molecule has 2 unspecified atom stereocenters. The molecule has 0 aromatic heterocycles. The SMILES string of the molecule is CN=C(NCc1ccc(F)cc1CSC)NCC(C)N1CCOCC1C.I. The van der Waals surface area contributed by atoms with Crippen molar-refractivity contribution in [1.29, 1.82) is 0 Å². The number of guanidine groups is 1. The molecule has 1 aliphatic rings. The standard InChI is InChI=1S/C19H31FN4OS.HI/c1-14(24-7-8-25-12-15(24)2)10-22-19(21-3)23-11-16-5-6-18(20)9-17(16)13-26-4;/h5-6,9,14-15H,7-8,10-13H2,1-4H3,(H2,21,22,23);1H. The quantitative estimate of drug-likeness (QED) is 0.336. The topological polar surface area (TPSA) is 48.9 Å². The lowest BCUT2D eigenvalue weighted by Crippen LogP contribution is -2.53. The van der Waals surface area contributed by atoms with Crippen LogP contribution in [0.1, 0.15) is 25.0 Å². The van der Waals surface area contributed by atoms with Crippen LogP contribution in [0.5, 0.6) is 0 Å². The lowest BCUT2D eigenvalue weighted by Gasteiger charge is -2.38. The molecular weight excluding hydrogens is 478 g/mol. The fraction of sp³-hybridized carbons (Fsp3) is 0.632. The van der Waals surface area contributed by atoms with E-state index in [1.54, 1.807) is 24.9 Å². The molecule has 8 heteroatoms. The second-order valence-electron chi connectivity index (χ2n) is 6.66. The molecule has 1 heterocycles. The van der Waals surface area contributed by atoms with Gasteiger partial charge in [-0.1, -0.05) is 6.07 Å². The molecule has 1 fully saturated rings. The third-order valence-electron chi connectivity index (χ3n) is 4.69. The molecule has 5 nitrogen and oxygen atoms in total. The van der Waals surface area contributed by atoms with Crippen molar-refractivity contribution in [2.45, 2.75) is 38.2 Å². The Balaban J connectivity index is 0.00000364. The van der Waals surface area contributed by atoms with Crippen molar-refractivity contribution in [2.75, 3.05) is 39.6 Å². The summed E-state index contributed by atoms with van der Waals surface area (Å²) in [5.74, 6) is 1.37. The van der Waals surface area contributed by atoms with Crippen molar-refractivity contribution >= 4 is 41.7 Å². The molecule has 1 aromatic carbocycles. The minimum atomic E-state index is -0.186. The average Bonchev–Trinajstić information content (AvgIpc) is 2.63. The zero-order valence-electron chi connectivity index (χ0n) is 16.6. The third kappa shape index (κ3) is 7.75. The van der Waals surface area contributed by atoms with Crippen molar-refractivity contribution in [3.63, 3.8) is 0 Å². The van der Waals surface area contributed by atoms with E-state index in [1.165, 1.54) is 6.07 Å². The molecule has 0 saturated carbocycles. The van der Waals surface area contributed by atoms with Crippen molar-refractivity contribution < 1.29 is 9.13 Å². The van der Waals surface area contributed by atoms with Gasteiger partial charge in [0, 0.05) is 44.5 Å². The average molecular weight is 510 g/mol. The zero-order valence-corrected chi connectivity index (χ0v) is 19.8. The molecule has 0 radical (unpaired) electrons. The van der Waals surface area contributed by atoms with Gasteiger partial charge in [-0.05, 0) is 43.4 Å². The monoisotopic (exact) mass is 510 g/mol. The van der Waals surface area contributed by atoms with Gasteiger partial charge in [0.15, 0.2) is 5.96 Å². The highest BCUT2D eigenvalue weighted by molar-refractivity contribution is 14.0. The van der Waals surface area contributed by atoms with Crippen molar-refractivity contribution in [1.82, 2.24) is 15.5 Å². The van der Waals surface area contributed by atoms with Crippen LogP contribution in [0.2, 0.25) is 0 Å². The van der Waals surface area contributed by atoms with Crippen molar-refractivity contribution in [2.24, 2.45) is 4.99 Å². The molecular formula is C19H32FIN4OS. The van der Waals surface area contributed by atoms with Crippen LogP contribution in [0, 0.1) is 5.82 Å². The van der Waals surface area contributed by atoms with E-state index in [2.05, 4.69) is 34.4 Å². The van der Waals surface area contributed by atoms with E-state index in [0.29, 0.717) is 18.6 Å². The number of ether oxygens (including phenoxy) is 1. The van der Waals surface area contributed by atoms with Crippen LogP contribution in [0.4, 0.5) is 4.39 Å². The number of nitrogens with one attached hydrogen (secondary N) is 2. The second-order valence-corrected chi connectivity index (χ2v) is 7.53. The van der Waals surface area contributed by atoms with Crippen LogP contribution < -0.4 is 10.6 Å². The van der Waals surface area contributed by atoms with Crippen LogP contribution in [0.15, 0.2) is 23.2 Å². The first-order valence-corrected chi connectivity index (χ1v) is 10.5. The number of rotatable bonds is 7. The van der Waals surface area contributed by atoms with E-state index in [0.717, 1.165) is 49.1 Å². The Morgan fingerprint density at radius 2 is 2.19 bits per heavy atom. The lowest BCUT2D eigenvalue weighted by molar-refractivity contribution is -0.0174. The van der Waals surface area contributed by atoms with Gasteiger partial charge in [0.25, 0.3) is 0 Å². The molecule has 0 bridgehead atoms. The fourth-order valence-corrected chi connectivity index (χ4v) is 3.79. The number of thioether (sulfide) groups is 1. The van der Waals surface area contributed by atoms with Gasteiger partial charge >= 0.3 is 0 Å². The van der Waals surface area contributed by atoms with E-state index < -0.39 is 0 Å². The molecule has 2 rings (SSSR count). The van der Waals surface area contributed by atoms with Gasteiger partial charge in [0.05, 0.1) is 13.2 Å². The predicted octanol–water partition coefficient (Wildman–Crippen LogP) is 3.08. The van der Waals surface area contributed by atoms with Gasteiger partial charge < -0.3 is 15.4 Å². The summed E-state index contributed by atoms with van der Waals surface area (Å²) in [4.78, 5) is 6.76. The first-order chi connectivity index (χ1) is 12.5. The van der Waals surface area contributed by atoms with Gasteiger partial charge in [0.2, 0.25) is 0 Å². The summed E-state index contributed by atoms with van der Waals surface area (Å²) < 4.78 is 19.0. The van der Waals surface area contributed by atoms with Gasteiger partial charge in [0.1, 0.15) is 5.82 Å². The van der Waals surface area contributed by atoms with Crippen LogP contribution in [-0.2, 0) is 17.0 Å². The number of hydrogen-bond acceptors (Lipinski definition) is 4. The maximum atomic E-state index is 13.5. The number of halogens is 2. The van der Waals surface area contributed by atoms with E-state index in [4.69, 9.17) is 4.74 Å². The summed E-state index contributed by atoms with van der Waals surface area (Å²) in [5.41, 5.74) is 2.12. The molecule has 0 amide bonds. The van der Waals surface area contributed by atoms with E-state index in [1.807, 2.05) is 12.3 Å². The first kappa shape index (κ1) is 24.5. The summed E-state index contributed by atoms with van der Waals surface area (Å²) in [7, 11) is 1.77. The Bertz CT molecular complexity index is 605. The Morgan fingerprint density at radius 3 is 2.85 bits per heavy atom. The molecule has 1 aliphatic heterocycles. The smallest absolute Gasteiger partial charge is 0.191 e. The van der Waals surface area contributed by atoms with Crippen LogP contribution in [0.25, 0.3) is 0 Å². The summed E-state index contributed by atoms with van der Waals surface area (Å²) >= 11 is 1.69. The van der Waals surface area contributed by atoms with Crippen LogP contribution in [0.3, 0.4) is 0 Å². The molecule has 1 aromatic rings. The van der Waals surface area contributed by atoms with E-state index >= 15 is 0 Å². The number of aliphatic imine (C=N–C) groups is 1. The Hall–Kier alpha value is -0.580. The zero-order chi connectivity index (χ0) is 18.9. The van der Waals surface area contributed by atoms with Gasteiger partial charge in [-0.2, -0.15) is 11.8 Å². The normalized spacial score (nSPS) is 19.3. The summed E-state index contributed by atoms with van der Waals surface area (Å²) in [6.07, 6.45) is 2.02. The van der Waals surface area contributed by atoms with Gasteiger partial charge in [-0.15, -0.1) is 24.0 Å². The Labute approximate surface area is 183 Å². The minimum absolute atomic E-state index is 0. The number of morpholine rings is 1. The molecule has 0 aliphatic carbocycles. The highest BCUT2D eigenvalue weighted by atomic mass is 127. The lowest BCUT2D eigenvalue weighted by atomic mass is 10.1. The van der Waals surface area contributed by atoms with Gasteiger partial charge in [-0.25, -0.2) is 4.39 Å². The van der Waals surface area contributed by atoms with Gasteiger partial charge in [-0.3, -0.25) is 9.89 Å². The maximum absolute atomic E-state index is 13.5. The third-order valence-corrected chi connectivity index (χ3v) is 5.29. The highest BCUT2D eigenvalue weighted by Crippen LogP contribution is 2.16. The molecule has 27 heavy (non-hydrogen) atoms. The number of nitrogens with zero attached hydrogens (tertiary/aromatic N) is 2. The molecule has 1 saturated heterocycles. The van der Waals surface area contributed by atoms with Crippen molar-refractivity contribution in [3.8, 4) is 0 Å². The maximum Gasteiger partial charge on any atom is 0.191 e. The summed E-state index contributed by atoms with van der Waals surface area (Å²) in [6, 6.07) is 5.80. The van der Waals surface area contributed by atoms with E-state index in [9.17, 15) is 4.39 Å². The van der Waals surface area contributed by atoms with Crippen LogP contribution in [-0.4, -0.2) is 62.5 Å². The molecule has 154 valence electrons. The minimum Gasteiger partial charge on any atom is -0.379 e. The largest absolute Gasteiger partial charge is 0.379 e.